The summed E-state index contributed by atoms with van der Waals surface area (Å²) in [6.45, 7) is 1.77. The number of benzene rings is 1. The van der Waals surface area contributed by atoms with Crippen LogP contribution in [0.1, 0.15) is 23.7 Å². The third-order valence-corrected chi connectivity index (χ3v) is 4.54. The van der Waals surface area contributed by atoms with Gasteiger partial charge < -0.3 is 5.11 Å². The summed E-state index contributed by atoms with van der Waals surface area (Å²) in [4.78, 5) is 11.3. The van der Waals surface area contributed by atoms with Gasteiger partial charge in [-0.05, 0) is 40.5 Å². The topological polar surface area (TPSA) is 78.2 Å². The fraction of sp³-hybridized carbons (Fsp3) is 0.273. The van der Waals surface area contributed by atoms with Gasteiger partial charge in [-0.1, -0.05) is 6.92 Å². The predicted octanol–water partition coefficient (Wildman–Crippen LogP) is 2.56. The molecule has 0 radical (unpaired) electrons. The molecule has 2 unspecified atom stereocenters. The van der Waals surface area contributed by atoms with Crippen LogP contribution in [-0.2, 0) is 10.8 Å². The molecule has 0 heterocycles. The van der Waals surface area contributed by atoms with Crippen molar-refractivity contribution in [2.45, 2.75) is 23.5 Å². The normalized spacial score (nSPS) is 13.7. The van der Waals surface area contributed by atoms with Crippen LogP contribution < -0.4 is 0 Å². The highest BCUT2D eigenvalue weighted by Crippen LogP contribution is 2.22. The monoisotopic (exact) mass is 315 g/mol. The van der Waals surface area contributed by atoms with Gasteiger partial charge in [0.25, 0.3) is 0 Å². The number of nitrogens with zero attached hydrogens (tertiary/aromatic N) is 1. The number of carboxylic acid groups (broad SMARTS) is 1. The lowest BCUT2D eigenvalue weighted by molar-refractivity contribution is 0.0695. The highest BCUT2D eigenvalue weighted by atomic mass is 79.9. The Balaban J connectivity index is 3.17. The Morgan fingerprint density at radius 2 is 2.29 bits per heavy atom. The first-order chi connectivity index (χ1) is 8.01. The maximum atomic E-state index is 12.0. The fourth-order valence-corrected chi connectivity index (χ4v) is 2.83. The number of hydrogen-bond acceptors (Lipinski definition) is 3. The largest absolute Gasteiger partial charge is 0.478 e. The number of carboxylic acids is 1. The molecule has 90 valence electrons. The lowest BCUT2D eigenvalue weighted by Crippen LogP contribution is -2.12. The van der Waals surface area contributed by atoms with Crippen molar-refractivity contribution < 1.29 is 14.1 Å². The van der Waals surface area contributed by atoms with Crippen molar-refractivity contribution in [3.05, 3.63) is 28.2 Å². The van der Waals surface area contributed by atoms with Gasteiger partial charge in [0.2, 0.25) is 0 Å². The Labute approximate surface area is 110 Å². The smallest absolute Gasteiger partial charge is 0.336 e. The quantitative estimate of drug-likeness (QED) is 0.926. The van der Waals surface area contributed by atoms with E-state index in [2.05, 4.69) is 15.9 Å². The number of hydrogen-bond donors (Lipinski definition) is 1. The molecule has 1 N–H and O–H groups in total. The van der Waals surface area contributed by atoms with Crippen molar-refractivity contribution >= 4 is 32.7 Å². The second-order valence-electron chi connectivity index (χ2n) is 3.27. The maximum Gasteiger partial charge on any atom is 0.336 e. The zero-order chi connectivity index (χ0) is 13.0. The van der Waals surface area contributed by atoms with Crippen LogP contribution in [0.15, 0.2) is 27.6 Å². The van der Waals surface area contributed by atoms with Gasteiger partial charge >= 0.3 is 5.97 Å². The van der Waals surface area contributed by atoms with Crippen LogP contribution in [0.3, 0.4) is 0 Å². The molecule has 6 heteroatoms. The van der Waals surface area contributed by atoms with Gasteiger partial charge in [0.15, 0.2) is 0 Å². The van der Waals surface area contributed by atoms with E-state index < -0.39 is 22.0 Å². The van der Waals surface area contributed by atoms with Crippen LogP contribution in [0, 0.1) is 11.3 Å². The van der Waals surface area contributed by atoms with E-state index in [0.717, 1.165) is 0 Å². The summed E-state index contributed by atoms with van der Waals surface area (Å²) >= 11 is 3.11. The minimum absolute atomic E-state index is 0.0450. The first kappa shape index (κ1) is 13.9. The molecule has 2 atom stereocenters. The second-order valence-corrected chi connectivity index (χ2v) is 5.76. The van der Waals surface area contributed by atoms with Crippen molar-refractivity contribution in [2.75, 3.05) is 0 Å². The minimum atomic E-state index is -1.50. The van der Waals surface area contributed by atoms with Gasteiger partial charge in [0.05, 0.1) is 22.4 Å². The molecule has 0 saturated carbocycles. The van der Waals surface area contributed by atoms with Crippen molar-refractivity contribution in [3.63, 3.8) is 0 Å². The van der Waals surface area contributed by atoms with Crippen LogP contribution >= 0.6 is 15.9 Å². The first-order valence-electron chi connectivity index (χ1n) is 4.84. The standard InChI is InChI=1S/C11H10BrNO3S/c1-2-7(6-13)17(16)8-3-4-10(12)9(5-8)11(14)15/h3-5,7H,2H2,1H3,(H,14,15). The SMILES string of the molecule is CCC(C#N)S(=O)c1ccc(Br)c(C(=O)O)c1. The summed E-state index contributed by atoms with van der Waals surface area (Å²) in [5.74, 6) is -1.10. The molecule has 1 aromatic carbocycles. The van der Waals surface area contributed by atoms with Crippen LogP contribution in [0.25, 0.3) is 0 Å². The highest BCUT2D eigenvalue weighted by Gasteiger charge is 2.18. The Morgan fingerprint density at radius 1 is 1.65 bits per heavy atom. The molecular formula is C11H10BrNO3S. The molecule has 0 aliphatic heterocycles. The van der Waals surface area contributed by atoms with Gasteiger partial charge in [0.1, 0.15) is 5.25 Å². The Bertz CT molecular complexity index is 510. The molecule has 1 rings (SSSR count). The first-order valence-corrected chi connectivity index (χ1v) is 6.84. The lowest BCUT2D eigenvalue weighted by Gasteiger charge is -2.08. The Morgan fingerprint density at radius 3 is 2.76 bits per heavy atom. The number of aromatic carboxylic acids is 1. The van der Waals surface area contributed by atoms with E-state index in [9.17, 15) is 9.00 Å². The van der Waals surface area contributed by atoms with Gasteiger partial charge in [-0.3, -0.25) is 4.21 Å². The molecule has 0 aliphatic carbocycles. The van der Waals surface area contributed by atoms with Gasteiger partial charge in [-0.2, -0.15) is 5.26 Å². The molecule has 0 saturated heterocycles. The van der Waals surface area contributed by atoms with Crippen LogP contribution in [0.2, 0.25) is 0 Å². The average Bonchev–Trinajstić information content (AvgIpc) is 2.30. The van der Waals surface area contributed by atoms with E-state index in [1.807, 2.05) is 6.07 Å². The summed E-state index contributed by atoms with van der Waals surface area (Å²) in [6.07, 6.45) is 0.460. The third-order valence-electron chi connectivity index (χ3n) is 2.17. The summed E-state index contributed by atoms with van der Waals surface area (Å²) in [5, 5.41) is 17.1. The molecule has 0 aliphatic rings. The average molecular weight is 316 g/mol. The zero-order valence-electron chi connectivity index (χ0n) is 9.01. The minimum Gasteiger partial charge on any atom is -0.478 e. The summed E-state index contributed by atoms with van der Waals surface area (Å²) < 4.78 is 12.4. The van der Waals surface area contributed by atoms with Crippen molar-refractivity contribution in [3.8, 4) is 6.07 Å². The Kier molecular flexibility index (Phi) is 4.85. The number of halogens is 1. The number of nitriles is 1. The molecular weight excluding hydrogens is 306 g/mol. The predicted molar refractivity (Wildman–Crippen MR) is 67.2 cm³/mol. The number of rotatable bonds is 4. The van der Waals surface area contributed by atoms with Crippen molar-refractivity contribution in [1.82, 2.24) is 0 Å². The molecule has 0 spiro atoms. The van der Waals surface area contributed by atoms with Crippen LogP contribution in [-0.4, -0.2) is 20.5 Å². The van der Waals surface area contributed by atoms with E-state index in [1.165, 1.54) is 12.1 Å². The van der Waals surface area contributed by atoms with Crippen molar-refractivity contribution in [1.29, 1.82) is 5.26 Å². The van der Waals surface area contributed by atoms with Crippen LogP contribution in [0.5, 0.6) is 0 Å². The third kappa shape index (κ3) is 3.14. The van der Waals surface area contributed by atoms with Gasteiger partial charge in [-0.25, -0.2) is 4.79 Å². The summed E-state index contributed by atoms with van der Waals surface area (Å²) in [6, 6.07) is 6.38. The van der Waals surface area contributed by atoms with Gasteiger partial charge in [-0.15, -0.1) is 0 Å². The summed E-state index contributed by atoms with van der Waals surface area (Å²) in [5.41, 5.74) is 0.0450. The number of carbonyl (C=O) groups is 1. The second kappa shape index (κ2) is 5.94. The molecule has 0 aromatic heterocycles. The molecule has 17 heavy (non-hydrogen) atoms. The van der Waals surface area contributed by atoms with Crippen molar-refractivity contribution in [2.24, 2.45) is 0 Å². The van der Waals surface area contributed by atoms with E-state index >= 15 is 0 Å². The lowest BCUT2D eigenvalue weighted by atomic mass is 10.2. The Hall–Kier alpha value is -1.19. The van der Waals surface area contributed by atoms with E-state index in [4.69, 9.17) is 10.4 Å². The zero-order valence-corrected chi connectivity index (χ0v) is 11.4. The molecule has 1 aromatic rings. The molecule has 4 nitrogen and oxygen atoms in total. The maximum absolute atomic E-state index is 12.0. The molecule has 0 amide bonds. The molecule has 0 bridgehead atoms. The molecule has 0 fully saturated rings. The fourth-order valence-electron chi connectivity index (χ4n) is 1.25. The summed E-state index contributed by atoms with van der Waals surface area (Å²) in [7, 11) is -1.50. The van der Waals surface area contributed by atoms with E-state index in [1.54, 1.807) is 13.0 Å². The van der Waals surface area contributed by atoms with E-state index in [-0.39, 0.29) is 5.56 Å². The van der Waals surface area contributed by atoms with Crippen LogP contribution in [0.4, 0.5) is 0 Å². The van der Waals surface area contributed by atoms with E-state index in [0.29, 0.717) is 15.8 Å². The highest BCUT2D eigenvalue weighted by molar-refractivity contribution is 9.10. The van der Waals surface area contributed by atoms with Gasteiger partial charge in [0, 0.05) is 9.37 Å².